The van der Waals surface area contributed by atoms with E-state index in [0.717, 1.165) is 4.88 Å². The Morgan fingerprint density at radius 1 is 1.20 bits per heavy atom. The summed E-state index contributed by atoms with van der Waals surface area (Å²) in [6, 6.07) is 10.5. The first-order valence-corrected chi connectivity index (χ1v) is 5.42. The molecule has 0 aliphatic rings. The average molecular weight is 219 g/mol. The molecular weight excluding hydrogens is 209 g/mol. The topological polar surface area (TPSA) is 12.4 Å². The highest BCUT2D eigenvalue weighted by molar-refractivity contribution is 7.13. The quantitative estimate of drug-likeness (QED) is 0.678. The minimum atomic E-state index is -0.290. The van der Waals surface area contributed by atoms with E-state index in [1.54, 1.807) is 35.8 Å². The molecule has 2 rings (SSSR count). The SMILES string of the molecule is Cc1ccc(C=Nc2ccccc2F)s1. The Balaban J connectivity index is 2.22. The van der Waals surface area contributed by atoms with Crippen molar-refractivity contribution >= 4 is 23.2 Å². The largest absolute Gasteiger partial charge is 0.252 e. The van der Waals surface area contributed by atoms with Gasteiger partial charge in [-0.2, -0.15) is 0 Å². The van der Waals surface area contributed by atoms with Crippen LogP contribution in [0.2, 0.25) is 0 Å². The third kappa shape index (κ3) is 2.50. The van der Waals surface area contributed by atoms with Crippen LogP contribution in [0.3, 0.4) is 0 Å². The number of halogens is 1. The van der Waals surface area contributed by atoms with Crippen molar-refractivity contribution in [2.45, 2.75) is 6.92 Å². The van der Waals surface area contributed by atoms with Gasteiger partial charge in [-0.1, -0.05) is 12.1 Å². The summed E-state index contributed by atoms with van der Waals surface area (Å²) >= 11 is 1.64. The van der Waals surface area contributed by atoms with E-state index in [1.807, 2.05) is 19.1 Å². The van der Waals surface area contributed by atoms with Gasteiger partial charge in [-0.15, -0.1) is 11.3 Å². The molecule has 0 aliphatic heterocycles. The van der Waals surface area contributed by atoms with Gasteiger partial charge in [0.1, 0.15) is 5.82 Å². The molecule has 76 valence electrons. The lowest BCUT2D eigenvalue weighted by Crippen LogP contribution is -1.76. The molecule has 0 spiro atoms. The Morgan fingerprint density at radius 3 is 2.67 bits per heavy atom. The number of nitrogens with zero attached hydrogens (tertiary/aromatic N) is 1. The van der Waals surface area contributed by atoms with E-state index in [-0.39, 0.29) is 5.82 Å². The molecule has 0 atom stereocenters. The number of rotatable bonds is 2. The van der Waals surface area contributed by atoms with Crippen LogP contribution in [0.1, 0.15) is 9.75 Å². The molecule has 2 aromatic rings. The summed E-state index contributed by atoms with van der Waals surface area (Å²) in [5, 5.41) is 0. The monoisotopic (exact) mass is 219 g/mol. The molecule has 0 bridgehead atoms. The highest BCUT2D eigenvalue weighted by Crippen LogP contribution is 2.18. The highest BCUT2D eigenvalue weighted by atomic mass is 32.1. The summed E-state index contributed by atoms with van der Waals surface area (Å²) in [6.45, 7) is 2.03. The second kappa shape index (κ2) is 4.36. The zero-order valence-corrected chi connectivity index (χ0v) is 9.09. The third-order valence-corrected chi connectivity index (χ3v) is 2.88. The van der Waals surface area contributed by atoms with E-state index >= 15 is 0 Å². The van der Waals surface area contributed by atoms with Gasteiger partial charge in [0.25, 0.3) is 0 Å². The predicted molar refractivity (Wildman–Crippen MR) is 62.7 cm³/mol. The van der Waals surface area contributed by atoms with E-state index in [0.29, 0.717) is 5.69 Å². The van der Waals surface area contributed by atoms with Crippen molar-refractivity contribution in [1.82, 2.24) is 0 Å². The van der Waals surface area contributed by atoms with Gasteiger partial charge in [-0.3, -0.25) is 4.99 Å². The van der Waals surface area contributed by atoms with E-state index in [1.165, 1.54) is 10.9 Å². The summed E-state index contributed by atoms with van der Waals surface area (Å²) < 4.78 is 13.2. The first-order valence-electron chi connectivity index (χ1n) is 4.61. The van der Waals surface area contributed by atoms with Crippen molar-refractivity contribution in [2.24, 2.45) is 4.99 Å². The smallest absolute Gasteiger partial charge is 0.148 e. The number of thiophene rings is 1. The second-order valence-corrected chi connectivity index (χ2v) is 4.48. The fourth-order valence-electron chi connectivity index (χ4n) is 1.21. The van der Waals surface area contributed by atoms with Gasteiger partial charge in [-0.05, 0) is 31.2 Å². The zero-order chi connectivity index (χ0) is 10.7. The Labute approximate surface area is 91.9 Å². The van der Waals surface area contributed by atoms with Crippen LogP contribution in [-0.2, 0) is 0 Å². The lowest BCUT2D eigenvalue weighted by molar-refractivity contribution is 0.630. The maximum Gasteiger partial charge on any atom is 0.148 e. The first kappa shape index (κ1) is 10.1. The summed E-state index contributed by atoms with van der Waals surface area (Å²) in [7, 11) is 0. The molecule has 0 aliphatic carbocycles. The van der Waals surface area contributed by atoms with Crippen molar-refractivity contribution in [3.05, 3.63) is 52.0 Å². The van der Waals surface area contributed by atoms with Gasteiger partial charge in [0.2, 0.25) is 0 Å². The molecule has 3 heteroatoms. The molecular formula is C12H10FNS. The van der Waals surface area contributed by atoms with Crippen molar-refractivity contribution in [2.75, 3.05) is 0 Å². The molecule has 0 saturated carbocycles. The van der Waals surface area contributed by atoms with Gasteiger partial charge in [0, 0.05) is 16.0 Å². The van der Waals surface area contributed by atoms with Crippen molar-refractivity contribution in [3.8, 4) is 0 Å². The molecule has 0 radical (unpaired) electrons. The lowest BCUT2D eigenvalue weighted by Gasteiger charge is -1.93. The van der Waals surface area contributed by atoms with Crippen LogP contribution in [0.25, 0.3) is 0 Å². The number of aryl methyl sites for hydroxylation is 1. The molecule has 0 fully saturated rings. The molecule has 1 aromatic carbocycles. The van der Waals surface area contributed by atoms with Gasteiger partial charge >= 0.3 is 0 Å². The minimum absolute atomic E-state index is 0.290. The Bertz CT molecular complexity index is 488. The molecule has 0 saturated heterocycles. The van der Waals surface area contributed by atoms with Crippen LogP contribution in [0.5, 0.6) is 0 Å². The van der Waals surface area contributed by atoms with Gasteiger partial charge < -0.3 is 0 Å². The number of para-hydroxylation sites is 1. The van der Waals surface area contributed by atoms with Crippen LogP contribution < -0.4 is 0 Å². The summed E-state index contributed by atoms with van der Waals surface area (Å²) in [5.41, 5.74) is 0.378. The standard InChI is InChI=1S/C12H10FNS/c1-9-6-7-10(15-9)8-14-12-5-3-2-4-11(12)13/h2-8H,1H3. The van der Waals surface area contributed by atoms with Crippen LogP contribution in [-0.4, -0.2) is 6.21 Å². The fourth-order valence-corrected chi connectivity index (χ4v) is 1.96. The summed E-state index contributed by atoms with van der Waals surface area (Å²) in [6.07, 6.45) is 1.69. The van der Waals surface area contributed by atoms with Gasteiger partial charge in [0.05, 0.1) is 5.69 Å². The Kier molecular flexibility index (Phi) is 2.92. The normalized spacial score (nSPS) is 11.1. The highest BCUT2D eigenvalue weighted by Gasteiger charge is 1.97. The zero-order valence-electron chi connectivity index (χ0n) is 8.27. The first-order chi connectivity index (χ1) is 7.25. The van der Waals surface area contributed by atoms with Crippen molar-refractivity contribution in [1.29, 1.82) is 0 Å². The average Bonchev–Trinajstić information content (AvgIpc) is 2.63. The molecule has 1 aromatic heterocycles. The maximum absolute atomic E-state index is 13.2. The van der Waals surface area contributed by atoms with Crippen LogP contribution in [0.4, 0.5) is 10.1 Å². The molecule has 0 unspecified atom stereocenters. The number of hydrogen-bond acceptors (Lipinski definition) is 2. The number of benzene rings is 1. The Morgan fingerprint density at radius 2 is 2.00 bits per heavy atom. The molecule has 0 amide bonds. The molecule has 1 nitrogen and oxygen atoms in total. The fraction of sp³-hybridized carbons (Fsp3) is 0.0833. The number of aliphatic imine (C=N–C) groups is 1. The molecule has 1 heterocycles. The van der Waals surface area contributed by atoms with Gasteiger partial charge in [0.15, 0.2) is 0 Å². The van der Waals surface area contributed by atoms with Crippen molar-refractivity contribution in [3.63, 3.8) is 0 Å². The lowest BCUT2D eigenvalue weighted by atomic mass is 10.3. The third-order valence-electron chi connectivity index (χ3n) is 1.94. The van der Waals surface area contributed by atoms with E-state index < -0.39 is 0 Å². The second-order valence-electron chi connectivity index (χ2n) is 3.16. The van der Waals surface area contributed by atoms with Crippen LogP contribution in [0, 0.1) is 12.7 Å². The van der Waals surface area contributed by atoms with Gasteiger partial charge in [-0.25, -0.2) is 4.39 Å². The maximum atomic E-state index is 13.2. The molecule has 0 N–H and O–H groups in total. The van der Waals surface area contributed by atoms with Crippen LogP contribution in [0.15, 0.2) is 41.4 Å². The van der Waals surface area contributed by atoms with Crippen molar-refractivity contribution < 1.29 is 4.39 Å². The van der Waals surface area contributed by atoms with E-state index in [4.69, 9.17) is 0 Å². The summed E-state index contributed by atoms with van der Waals surface area (Å²) in [5.74, 6) is -0.290. The Hall–Kier alpha value is -1.48. The van der Waals surface area contributed by atoms with E-state index in [2.05, 4.69) is 4.99 Å². The van der Waals surface area contributed by atoms with Crippen LogP contribution >= 0.6 is 11.3 Å². The van der Waals surface area contributed by atoms with E-state index in [9.17, 15) is 4.39 Å². The summed E-state index contributed by atoms with van der Waals surface area (Å²) in [4.78, 5) is 6.36. The predicted octanol–water partition coefficient (Wildman–Crippen LogP) is 3.95. The molecule has 15 heavy (non-hydrogen) atoms. The minimum Gasteiger partial charge on any atom is -0.252 e. The number of hydrogen-bond donors (Lipinski definition) is 0.